The van der Waals surface area contributed by atoms with E-state index in [1.807, 2.05) is 6.20 Å². The fourth-order valence-electron chi connectivity index (χ4n) is 9.81. The standard InChI is InChI=1S/C60H72N4O/c1-38(2)47-21-19-22-48(39(3)4)54(47)40-24-26-43(27-25-40)62-37-63(56(60(14,15)16)55(62)59(11,12)13)44-32-42(58(8,9)10)33-46(35-44)65-45-28-29-50-49-20-17-18-23-51(49)64(52(50)36-45)53-34-41(30-31-61-53)57(5,6)7/h17-36,38-39H,37H2,1-16H3. The number of benzene rings is 5. The topological polar surface area (TPSA) is 33.5 Å². The molecule has 0 saturated carbocycles. The number of nitrogens with zero attached hydrogens (tertiary/aromatic N) is 4. The number of anilines is 2. The average molecular weight is 865 g/mol. The SMILES string of the molecule is CC(C)c1cccc(C(C)C)c1-c1ccc(N2CN(c3cc(Oc4ccc5c6ccccc6n(-c6cc(C(C)(C)C)ccn6)c5c4)cc(C(C)(C)C)c3)C(C(C)(C)C)=C2C(C)(C)C)cc1. The van der Waals surface area contributed by atoms with Gasteiger partial charge in [0.2, 0.25) is 0 Å². The van der Waals surface area contributed by atoms with Crippen LogP contribution in [0, 0.1) is 10.8 Å². The molecule has 3 heterocycles. The first-order valence-electron chi connectivity index (χ1n) is 23.8. The van der Waals surface area contributed by atoms with Gasteiger partial charge in [-0.3, -0.25) is 4.57 Å². The summed E-state index contributed by atoms with van der Waals surface area (Å²) in [5.74, 6) is 3.38. The molecule has 0 aliphatic carbocycles. The van der Waals surface area contributed by atoms with Crippen LogP contribution in [0.15, 0.2) is 133 Å². The maximum absolute atomic E-state index is 7.03. The van der Waals surface area contributed by atoms with Crippen LogP contribution >= 0.6 is 0 Å². The van der Waals surface area contributed by atoms with Gasteiger partial charge < -0.3 is 14.5 Å². The van der Waals surface area contributed by atoms with Gasteiger partial charge >= 0.3 is 0 Å². The molecule has 5 nitrogen and oxygen atoms in total. The van der Waals surface area contributed by atoms with Crippen LogP contribution in [0.3, 0.4) is 0 Å². The first kappa shape index (κ1) is 45.7. The third-order valence-electron chi connectivity index (χ3n) is 13.1. The molecule has 0 radical (unpaired) electrons. The molecular formula is C60H72N4O. The Labute approximate surface area is 390 Å². The maximum atomic E-state index is 7.03. The van der Waals surface area contributed by atoms with E-state index >= 15 is 0 Å². The smallest absolute Gasteiger partial charge is 0.137 e. The highest BCUT2D eigenvalue weighted by molar-refractivity contribution is 6.09. The fourth-order valence-corrected chi connectivity index (χ4v) is 9.81. The minimum absolute atomic E-state index is 0.00891. The monoisotopic (exact) mass is 865 g/mol. The molecule has 2 aromatic heterocycles. The summed E-state index contributed by atoms with van der Waals surface area (Å²) in [6.07, 6.45) is 1.94. The number of fused-ring (bicyclic) bond motifs is 3. The molecule has 0 spiro atoms. The first-order valence-corrected chi connectivity index (χ1v) is 23.8. The van der Waals surface area contributed by atoms with Gasteiger partial charge in [-0.2, -0.15) is 0 Å². The van der Waals surface area contributed by atoms with Crippen LogP contribution in [0.5, 0.6) is 11.5 Å². The Hall–Kier alpha value is -5.81. The van der Waals surface area contributed by atoms with E-state index in [-0.39, 0.29) is 21.7 Å². The van der Waals surface area contributed by atoms with Gasteiger partial charge in [-0.15, -0.1) is 0 Å². The molecule has 5 heteroatoms. The van der Waals surface area contributed by atoms with Crippen molar-refractivity contribution in [3.8, 4) is 28.4 Å². The van der Waals surface area contributed by atoms with Crippen molar-refractivity contribution in [1.29, 1.82) is 0 Å². The van der Waals surface area contributed by atoms with Crippen molar-refractivity contribution in [3.63, 3.8) is 0 Å². The Morgan fingerprint density at radius 3 is 1.66 bits per heavy atom. The van der Waals surface area contributed by atoms with Crippen molar-refractivity contribution in [2.24, 2.45) is 10.8 Å². The predicted molar refractivity (Wildman–Crippen MR) is 278 cm³/mol. The minimum Gasteiger partial charge on any atom is -0.457 e. The van der Waals surface area contributed by atoms with E-state index in [4.69, 9.17) is 9.72 Å². The van der Waals surface area contributed by atoms with Gasteiger partial charge in [0.15, 0.2) is 0 Å². The predicted octanol–water partition coefficient (Wildman–Crippen LogP) is 17.1. The number of para-hydroxylation sites is 1. The van der Waals surface area contributed by atoms with Crippen molar-refractivity contribution >= 4 is 33.2 Å². The van der Waals surface area contributed by atoms with E-state index < -0.39 is 0 Å². The fraction of sp³-hybridized carbons (Fsp3) is 0.383. The lowest BCUT2D eigenvalue weighted by atomic mass is 9.81. The summed E-state index contributed by atoms with van der Waals surface area (Å²) in [6.45, 7) is 37.7. The normalized spacial score (nSPS) is 14.2. The highest BCUT2D eigenvalue weighted by Gasteiger charge is 2.42. The number of aromatic nitrogens is 2. The summed E-state index contributed by atoms with van der Waals surface area (Å²) in [4.78, 5) is 10.0. The number of ether oxygens (including phenoxy) is 1. The zero-order valence-electron chi connectivity index (χ0n) is 42.1. The van der Waals surface area contributed by atoms with Gasteiger partial charge in [0.1, 0.15) is 17.3 Å². The molecule has 0 atom stereocenters. The largest absolute Gasteiger partial charge is 0.457 e. The maximum Gasteiger partial charge on any atom is 0.137 e. The Bertz CT molecular complexity index is 2890. The van der Waals surface area contributed by atoms with E-state index in [1.165, 1.54) is 61.2 Å². The van der Waals surface area contributed by atoms with Gasteiger partial charge in [0.05, 0.1) is 17.7 Å². The molecule has 0 N–H and O–H groups in total. The van der Waals surface area contributed by atoms with Crippen molar-refractivity contribution in [2.75, 3.05) is 16.5 Å². The number of hydrogen-bond acceptors (Lipinski definition) is 4. The first-order chi connectivity index (χ1) is 30.4. The van der Waals surface area contributed by atoms with E-state index in [0.717, 1.165) is 34.0 Å². The second-order valence-corrected chi connectivity index (χ2v) is 23.1. The van der Waals surface area contributed by atoms with Crippen molar-refractivity contribution in [1.82, 2.24) is 9.55 Å². The Kier molecular flexibility index (Phi) is 11.7. The van der Waals surface area contributed by atoms with Gasteiger partial charge in [-0.1, -0.05) is 159 Å². The average Bonchev–Trinajstić information content (AvgIpc) is 3.81. The quantitative estimate of drug-likeness (QED) is 0.152. The molecular weight excluding hydrogens is 793 g/mol. The number of pyridine rings is 1. The molecule has 65 heavy (non-hydrogen) atoms. The molecule has 1 aliphatic heterocycles. The molecule has 1 aliphatic rings. The molecule has 8 rings (SSSR count). The van der Waals surface area contributed by atoms with Crippen molar-refractivity contribution < 1.29 is 4.74 Å². The van der Waals surface area contributed by atoms with Crippen LogP contribution < -0.4 is 14.5 Å². The van der Waals surface area contributed by atoms with Gasteiger partial charge in [-0.05, 0) is 111 Å². The number of allylic oxidation sites excluding steroid dienone is 2. The van der Waals surface area contributed by atoms with Crippen LogP contribution in [0.25, 0.3) is 38.8 Å². The molecule has 0 bridgehead atoms. The zero-order chi connectivity index (χ0) is 47.0. The summed E-state index contributed by atoms with van der Waals surface area (Å²) in [5.41, 5.74) is 14.7. The van der Waals surface area contributed by atoms with E-state index in [2.05, 4.69) is 240 Å². The van der Waals surface area contributed by atoms with E-state index in [9.17, 15) is 0 Å². The summed E-state index contributed by atoms with van der Waals surface area (Å²) in [5, 5.41) is 2.36. The van der Waals surface area contributed by atoms with E-state index in [0.29, 0.717) is 18.5 Å². The Balaban J connectivity index is 1.23. The lowest BCUT2D eigenvalue weighted by Crippen LogP contribution is -2.31. The summed E-state index contributed by atoms with van der Waals surface area (Å²) in [7, 11) is 0. The van der Waals surface area contributed by atoms with Gasteiger partial charge in [-0.25, -0.2) is 4.98 Å². The zero-order valence-corrected chi connectivity index (χ0v) is 42.1. The Morgan fingerprint density at radius 1 is 0.492 bits per heavy atom. The van der Waals surface area contributed by atoms with Crippen LogP contribution in [0.4, 0.5) is 11.4 Å². The Morgan fingerprint density at radius 2 is 1.08 bits per heavy atom. The lowest BCUT2D eigenvalue weighted by molar-refractivity contribution is 0.444. The van der Waals surface area contributed by atoms with Crippen molar-refractivity contribution in [2.45, 2.75) is 133 Å². The summed E-state index contributed by atoms with van der Waals surface area (Å²) in [6, 6.07) is 42.6. The van der Waals surface area contributed by atoms with Gasteiger partial charge in [0.25, 0.3) is 0 Å². The van der Waals surface area contributed by atoms with Crippen LogP contribution in [-0.2, 0) is 10.8 Å². The second kappa shape index (κ2) is 16.6. The summed E-state index contributed by atoms with van der Waals surface area (Å²) < 4.78 is 9.32. The van der Waals surface area contributed by atoms with Crippen molar-refractivity contribution in [3.05, 3.63) is 155 Å². The van der Waals surface area contributed by atoms with E-state index in [1.54, 1.807) is 0 Å². The number of rotatable bonds is 8. The molecule has 0 unspecified atom stereocenters. The van der Waals surface area contributed by atoms with Crippen LogP contribution in [-0.4, -0.2) is 16.2 Å². The molecule has 0 amide bonds. The van der Waals surface area contributed by atoms with Crippen LogP contribution in [0.2, 0.25) is 0 Å². The highest BCUT2D eigenvalue weighted by atomic mass is 16.5. The molecule has 338 valence electrons. The molecule has 0 fully saturated rings. The third kappa shape index (κ3) is 8.84. The third-order valence-corrected chi connectivity index (χ3v) is 13.1. The highest BCUT2D eigenvalue weighted by Crippen LogP contribution is 2.49. The molecule has 5 aromatic carbocycles. The minimum atomic E-state index is -0.158. The van der Waals surface area contributed by atoms with Gasteiger partial charge in [0, 0.05) is 62.7 Å². The molecule has 0 saturated heterocycles. The number of hydrogen-bond donors (Lipinski definition) is 0. The lowest BCUT2D eigenvalue weighted by Gasteiger charge is -2.34. The summed E-state index contributed by atoms with van der Waals surface area (Å²) >= 11 is 0. The molecule has 7 aromatic rings. The second-order valence-electron chi connectivity index (χ2n) is 23.1. The van der Waals surface area contributed by atoms with Crippen LogP contribution in [0.1, 0.15) is 145 Å².